The van der Waals surface area contributed by atoms with Crippen LogP contribution in [0, 0.1) is 0 Å². The zero-order valence-corrected chi connectivity index (χ0v) is 13.1. The molecule has 1 heterocycles. The number of hydrogen-bond acceptors (Lipinski definition) is 2. The standard InChI is InChI=1S/C15H18BrN3O/c1-10(2)19-9-12(16)7-14(19)15(20)18-13-5-3-11(8-17)4-6-13/h3-7,9-10H,8,17H2,1-2H3,(H,18,20). The molecule has 20 heavy (non-hydrogen) atoms. The number of halogens is 1. The molecular weight excluding hydrogens is 318 g/mol. The second-order valence-electron chi connectivity index (χ2n) is 4.90. The highest BCUT2D eigenvalue weighted by atomic mass is 79.9. The lowest BCUT2D eigenvalue weighted by Gasteiger charge is -2.12. The van der Waals surface area contributed by atoms with Crippen LogP contribution in [0.3, 0.4) is 0 Å². The van der Waals surface area contributed by atoms with E-state index in [9.17, 15) is 4.79 Å². The first-order chi connectivity index (χ1) is 9.51. The molecule has 0 aliphatic rings. The van der Waals surface area contributed by atoms with E-state index < -0.39 is 0 Å². The third-order valence-corrected chi connectivity index (χ3v) is 3.49. The number of aromatic nitrogens is 1. The summed E-state index contributed by atoms with van der Waals surface area (Å²) >= 11 is 3.41. The molecule has 0 atom stereocenters. The van der Waals surface area contributed by atoms with Crippen LogP contribution in [0.2, 0.25) is 0 Å². The molecule has 0 bridgehead atoms. The molecular formula is C15H18BrN3O. The lowest BCUT2D eigenvalue weighted by atomic mass is 10.2. The first-order valence-electron chi connectivity index (χ1n) is 6.49. The molecule has 2 aromatic rings. The number of carbonyl (C=O) groups excluding carboxylic acids is 1. The van der Waals surface area contributed by atoms with Gasteiger partial charge < -0.3 is 15.6 Å². The molecule has 1 aromatic carbocycles. The largest absolute Gasteiger partial charge is 0.340 e. The van der Waals surface area contributed by atoms with E-state index in [0.717, 1.165) is 15.7 Å². The third-order valence-electron chi connectivity index (χ3n) is 3.05. The highest BCUT2D eigenvalue weighted by Gasteiger charge is 2.15. The van der Waals surface area contributed by atoms with Crippen molar-refractivity contribution in [1.82, 2.24) is 4.57 Å². The number of nitrogens with zero attached hydrogens (tertiary/aromatic N) is 1. The molecule has 0 spiro atoms. The smallest absolute Gasteiger partial charge is 0.272 e. The summed E-state index contributed by atoms with van der Waals surface area (Å²) in [6.45, 7) is 4.58. The molecule has 4 nitrogen and oxygen atoms in total. The Morgan fingerprint density at radius 1 is 1.35 bits per heavy atom. The van der Waals surface area contributed by atoms with E-state index in [1.54, 1.807) is 0 Å². The van der Waals surface area contributed by atoms with Gasteiger partial charge >= 0.3 is 0 Å². The molecule has 0 saturated carbocycles. The Hall–Kier alpha value is -1.59. The molecule has 5 heteroatoms. The van der Waals surface area contributed by atoms with E-state index in [-0.39, 0.29) is 11.9 Å². The van der Waals surface area contributed by atoms with Crippen molar-refractivity contribution in [3.05, 3.63) is 52.3 Å². The average Bonchev–Trinajstić information content (AvgIpc) is 2.82. The zero-order valence-electron chi connectivity index (χ0n) is 11.6. The molecule has 1 aromatic heterocycles. The van der Waals surface area contributed by atoms with Gasteiger partial charge in [-0.2, -0.15) is 0 Å². The van der Waals surface area contributed by atoms with E-state index >= 15 is 0 Å². The molecule has 0 radical (unpaired) electrons. The fourth-order valence-electron chi connectivity index (χ4n) is 1.97. The van der Waals surface area contributed by atoms with E-state index in [0.29, 0.717) is 12.2 Å². The van der Waals surface area contributed by atoms with Crippen molar-refractivity contribution in [2.75, 3.05) is 5.32 Å². The maximum atomic E-state index is 12.3. The number of nitrogens with two attached hydrogens (primary N) is 1. The number of carbonyl (C=O) groups is 1. The van der Waals surface area contributed by atoms with Crippen molar-refractivity contribution in [3.8, 4) is 0 Å². The van der Waals surface area contributed by atoms with Gasteiger partial charge in [0, 0.05) is 28.9 Å². The van der Waals surface area contributed by atoms with E-state index in [1.165, 1.54) is 0 Å². The summed E-state index contributed by atoms with van der Waals surface area (Å²) in [5.74, 6) is -0.120. The maximum Gasteiger partial charge on any atom is 0.272 e. The van der Waals surface area contributed by atoms with Gasteiger partial charge in [0.1, 0.15) is 5.69 Å². The molecule has 0 unspecified atom stereocenters. The fourth-order valence-corrected chi connectivity index (χ4v) is 2.41. The summed E-state index contributed by atoms with van der Waals surface area (Å²) in [6, 6.07) is 9.58. The van der Waals surface area contributed by atoms with E-state index in [1.807, 2.05) is 54.9 Å². The van der Waals surface area contributed by atoms with Gasteiger partial charge in [-0.25, -0.2) is 0 Å². The highest BCUT2D eigenvalue weighted by molar-refractivity contribution is 9.10. The molecule has 0 saturated heterocycles. The lowest BCUT2D eigenvalue weighted by Crippen LogP contribution is -2.17. The van der Waals surface area contributed by atoms with Crippen LogP contribution in [-0.4, -0.2) is 10.5 Å². The van der Waals surface area contributed by atoms with Gasteiger partial charge in [0.05, 0.1) is 0 Å². The van der Waals surface area contributed by atoms with Gasteiger partial charge in [0.2, 0.25) is 0 Å². The molecule has 3 N–H and O–H groups in total. The molecule has 0 aliphatic carbocycles. The molecule has 2 rings (SSSR count). The van der Waals surface area contributed by atoms with Crippen LogP contribution in [-0.2, 0) is 6.54 Å². The Kier molecular flexibility index (Phi) is 4.62. The summed E-state index contributed by atoms with van der Waals surface area (Å²) in [5, 5.41) is 2.90. The van der Waals surface area contributed by atoms with Gasteiger partial charge in [0.25, 0.3) is 5.91 Å². The monoisotopic (exact) mass is 335 g/mol. The number of anilines is 1. The Balaban J connectivity index is 2.19. The number of nitrogens with one attached hydrogen (secondary N) is 1. The quantitative estimate of drug-likeness (QED) is 0.897. The van der Waals surface area contributed by atoms with Crippen molar-refractivity contribution in [3.63, 3.8) is 0 Å². The fraction of sp³-hybridized carbons (Fsp3) is 0.267. The summed E-state index contributed by atoms with van der Waals surface area (Å²) in [5.41, 5.74) is 7.99. The minimum Gasteiger partial charge on any atom is -0.340 e. The summed E-state index contributed by atoms with van der Waals surface area (Å²) in [4.78, 5) is 12.3. The third kappa shape index (κ3) is 3.29. The van der Waals surface area contributed by atoms with Crippen LogP contribution >= 0.6 is 15.9 Å². The number of amides is 1. The van der Waals surface area contributed by atoms with Crippen molar-refractivity contribution in [2.24, 2.45) is 5.73 Å². The van der Waals surface area contributed by atoms with Crippen LogP contribution in [0.15, 0.2) is 41.0 Å². The van der Waals surface area contributed by atoms with Crippen molar-refractivity contribution < 1.29 is 4.79 Å². The topological polar surface area (TPSA) is 60.0 Å². The highest BCUT2D eigenvalue weighted by Crippen LogP contribution is 2.20. The molecule has 106 valence electrons. The number of hydrogen-bond donors (Lipinski definition) is 2. The van der Waals surface area contributed by atoms with Crippen molar-refractivity contribution in [2.45, 2.75) is 26.4 Å². The average molecular weight is 336 g/mol. The second-order valence-corrected chi connectivity index (χ2v) is 5.82. The Morgan fingerprint density at radius 3 is 2.55 bits per heavy atom. The first-order valence-corrected chi connectivity index (χ1v) is 7.28. The summed E-state index contributed by atoms with van der Waals surface area (Å²) < 4.78 is 2.84. The van der Waals surface area contributed by atoms with E-state index in [4.69, 9.17) is 5.73 Å². The maximum absolute atomic E-state index is 12.3. The van der Waals surface area contributed by atoms with E-state index in [2.05, 4.69) is 21.2 Å². The van der Waals surface area contributed by atoms with Crippen LogP contribution in [0.4, 0.5) is 5.69 Å². The van der Waals surface area contributed by atoms with Crippen LogP contribution in [0.1, 0.15) is 35.9 Å². The summed E-state index contributed by atoms with van der Waals surface area (Å²) in [6.07, 6.45) is 1.91. The molecule has 0 aliphatic heterocycles. The lowest BCUT2D eigenvalue weighted by molar-refractivity contribution is 0.101. The van der Waals surface area contributed by atoms with Gasteiger partial charge in [-0.15, -0.1) is 0 Å². The number of benzene rings is 1. The van der Waals surface area contributed by atoms with Gasteiger partial charge in [-0.3, -0.25) is 4.79 Å². The Labute approximate surface area is 127 Å². The summed E-state index contributed by atoms with van der Waals surface area (Å²) in [7, 11) is 0. The first kappa shape index (κ1) is 14.8. The van der Waals surface area contributed by atoms with Gasteiger partial charge in [0.15, 0.2) is 0 Å². The SMILES string of the molecule is CC(C)n1cc(Br)cc1C(=O)Nc1ccc(CN)cc1. The minimum atomic E-state index is -0.120. The predicted octanol–water partition coefficient (Wildman–Crippen LogP) is 3.54. The minimum absolute atomic E-state index is 0.120. The predicted molar refractivity (Wildman–Crippen MR) is 84.8 cm³/mol. The Bertz CT molecular complexity index is 602. The van der Waals surface area contributed by atoms with Gasteiger partial charge in [-0.1, -0.05) is 12.1 Å². The van der Waals surface area contributed by atoms with Crippen molar-refractivity contribution in [1.29, 1.82) is 0 Å². The van der Waals surface area contributed by atoms with Crippen LogP contribution in [0.25, 0.3) is 0 Å². The Morgan fingerprint density at radius 2 is 2.00 bits per heavy atom. The number of rotatable bonds is 4. The normalized spacial score (nSPS) is 10.8. The van der Waals surface area contributed by atoms with Gasteiger partial charge in [-0.05, 0) is 53.5 Å². The van der Waals surface area contributed by atoms with Crippen molar-refractivity contribution >= 4 is 27.5 Å². The van der Waals surface area contributed by atoms with Crippen LogP contribution < -0.4 is 11.1 Å². The molecule has 1 amide bonds. The van der Waals surface area contributed by atoms with Crippen LogP contribution in [0.5, 0.6) is 0 Å². The second kappa shape index (κ2) is 6.24. The zero-order chi connectivity index (χ0) is 14.7. The molecule has 0 fully saturated rings.